The molecule has 1 aliphatic heterocycles. The number of nitrogens with zero attached hydrogens (tertiary/aromatic N) is 4. The van der Waals surface area contributed by atoms with Crippen LogP contribution < -0.4 is 16.1 Å². The molecule has 0 radical (unpaired) electrons. The Morgan fingerprint density at radius 2 is 1.70 bits per heavy atom. The van der Waals surface area contributed by atoms with Crippen molar-refractivity contribution >= 4 is 16.7 Å². The number of hydrogen-bond acceptors (Lipinski definition) is 4. The number of pyridine rings is 1. The highest BCUT2D eigenvalue weighted by Crippen LogP contribution is 2.28. The third-order valence-corrected chi connectivity index (χ3v) is 5.64. The zero-order valence-corrected chi connectivity index (χ0v) is 15.8. The van der Waals surface area contributed by atoms with E-state index in [-0.39, 0.29) is 11.2 Å². The average Bonchev–Trinajstić information content (AvgIpc) is 2.71. The van der Waals surface area contributed by atoms with Crippen molar-refractivity contribution in [2.45, 2.75) is 19.3 Å². The molecule has 3 heterocycles. The molecule has 140 valence electrons. The Hall–Kier alpha value is -2.89. The van der Waals surface area contributed by atoms with Crippen molar-refractivity contribution in [3.05, 3.63) is 69.0 Å². The lowest BCUT2D eigenvalue weighted by molar-refractivity contribution is 0.404. The smallest absolute Gasteiger partial charge is 0.332 e. The Morgan fingerprint density at radius 1 is 1.00 bits per heavy atom. The maximum absolute atomic E-state index is 12.8. The van der Waals surface area contributed by atoms with Crippen molar-refractivity contribution in [2.75, 3.05) is 18.0 Å². The molecule has 1 fully saturated rings. The molecular weight excluding hydrogens is 340 g/mol. The quantitative estimate of drug-likeness (QED) is 0.714. The topological polar surface area (TPSA) is 60.1 Å². The van der Waals surface area contributed by atoms with Gasteiger partial charge in [0.2, 0.25) is 0 Å². The van der Waals surface area contributed by atoms with Crippen molar-refractivity contribution < 1.29 is 0 Å². The molecule has 0 bridgehead atoms. The van der Waals surface area contributed by atoms with Gasteiger partial charge in [0.25, 0.3) is 5.56 Å². The van der Waals surface area contributed by atoms with Crippen molar-refractivity contribution in [2.24, 2.45) is 20.0 Å². The first kappa shape index (κ1) is 17.5. The first-order valence-electron chi connectivity index (χ1n) is 9.40. The molecular formula is C21H24N4O2. The van der Waals surface area contributed by atoms with Gasteiger partial charge in [0.1, 0.15) is 5.39 Å². The second-order valence-electron chi connectivity index (χ2n) is 7.35. The Kier molecular flexibility index (Phi) is 4.56. The number of aromatic nitrogens is 3. The largest absolute Gasteiger partial charge is 0.371 e. The molecule has 1 aromatic carbocycles. The summed E-state index contributed by atoms with van der Waals surface area (Å²) in [5.74, 6) is 0.656. The van der Waals surface area contributed by atoms with Gasteiger partial charge in [0.15, 0.2) is 5.65 Å². The number of rotatable bonds is 3. The van der Waals surface area contributed by atoms with Gasteiger partial charge in [-0.25, -0.2) is 9.78 Å². The molecule has 0 spiro atoms. The monoisotopic (exact) mass is 364 g/mol. The fraction of sp³-hybridized carbons (Fsp3) is 0.381. The van der Waals surface area contributed by atoms with Gasteiger partial charge in [0.05, 0.1) is 5.69 Å². The van der Waals surface area contributed by atoms with Crippen LogP contribution in [0.3, 0.4) is 0 Å². The van der Waals surface area contributed by atoms with E-state index in [4.69, 9.17) is 0 Å². The van der Waals surface area contributed by atoms with Crippen LogP contribution in [-0.4, -0.2) is 27.2 Å². The lowest BCUT2D eigenvalue weighted by atomic mass is 9.90. The average molecular weight is 364 g/mol. The summed E-state index contributed by atoms with van der Waals surface area (Å²) in [4.78, 5) is 31.5. The molecule has 0 amide bonds. The van der Waals surface area contributed by atoms with Crippen LogP contribution in [0, 0.1) is 5.92 Å². The molecule has 1 aliphatic rings. The molecule has 0 unspecified atom stereocenters. The third kappa shape index (κ3) is 3.16. The minimum absolute atomic E-state index is 0.275. The normalized spacial score (nSPS) is 15.4. The molecule has 0 aliphatic carbocycles. The highest BCUT2D eigenvalue weighted by atomic mass is 16.2. The minimum atomic E-state index is -0.348. The molecule has 2 aromatic heterocycles. The van der Waals surface area contributed by atoms with Gasteiger partial charge < -0.3 is 4.90 Å². The SMILES string of the molecule is Cn1c(=O)c2c(N3CCC(Cc4ccccc4)CC3)ccnc2n(C)c1=O. The molecule has 0 N–H and O–H groups in total. The standard InChI is InChI=1S/C21H24N4O2/c1-23-19-18(20(26)24(2)21(23)27)17(8-11-22-19)25-12-9-16(10-13-25)14-15-6-4-3-5-7-15/h3-8,11,16H,9-10,12-14H2,1-2H3. The summed E-state index contributed by atoms with van der Waals surface area (Å²) in [6.07, 6.45) is 4.96. The van der Waals surface area contributed by atoms with Crippen LogP contribution in [0.25, 0.3) is 11.0 Å². The number of fused-ring (bicyclic) bond motifs is 1. The molecule has 4 rings (SSSR count). The third-order valence-electron chi connectivity index (χ3n) is 5.64. The number of hydrogen-bond donors (Lipinski definition) is 0. The van der Waals surface area contributed by atoms with Crippen LogP contribution in [0.4, 0.5) is 5.69 Å². The van der Waals surface area contributed by atoms with E-state index in [0.717, 1.165) is 42.6 Å². The summed E-state index contributed by atoms with van der Waals surface area (Å²) in [5, 5.41) is 0.531. The van der Waals surface area contributed by atoms with Gasteiger partial charge in [0, 0.05) is 33.4 Å². The van der Waals surface area contributed by atoms with Crippen molar-refractivity contribution in [3.8, 4) is 0 Å². The van der Waals surface area contributed by atoms with Gasteiger partial charge in [-0.3, -0.25) is 13.9 Å². The van der Waals surface area contributed by atoms with E-state index in [2.05, 4.69) is 40.2 Å². The zero-order chi connectivity index (χ0) is 19.0. The lowest BCUT2D eigenvalue weighted by Gasteiger charge is -2.34. The van der Waals surface area contributed by atoms with E-state index in [1.807, 2.05) is 6.07 Å². The van der Waals surface area contributed by atoms with E-state index in [0.29, 0.717) is 17.0 Å². The number of anilines is 1. The van der Waals surface area contributed by atoms with Crippen LogP contribution in [0.5, 0.6) is 0 Å². The Labute approximate surface area is 157 Å². The number of benzene rings is 1. The molecule has 27 heavy (non-hydrogen) atoms. The second kappa shape index (κ2) is 7.02. The first-order valence-corrected chi connectivity index (χ1v) is 9.40. The molecule has 6 nitrogen and oxygen atoms in total. The van der Waals surface area contributed by atoms with Gasteiger partial charge in [-0.05, 0) is 36.8 Å². The maximum Gasteiger partial charge on any atom is 0.332 e. The van der Waals surface area contributed by atoms with Crippen LogP contribution in [0.2, 0.25) is 0 Å². The van der Waals surface area contributed by atoms with Crippen LogP contribution in [-0.2, 0) is 20.5 Å². The van der Waals surface area contributed by atoms with Crippen molar-refractivity contribution in [3.63, 3.8) is 0 Å². The molecule has 0 atom stereocenters. The summed E-state index contributed by atoms with van der Waals surface area (Å²) in [6, 6.07) is 12.5. The van der Waals surface area contributed by atoms with Gasteiger partial charge in [-0.2, -0.15) is 0 Å². The van der Waals surface area contributed by atoms with Gasteiger partial charge in [-0.1, -0.05) is 30.3 Å². The van der Waals surface area contributed by atoms with Gasteiger partial charge in [-0.15, -0.1) is 0 Å². The first-order chi connectivity index (χ1) is 13.1. The minimum Gasteiger partial charge on any atom is -0.371 e. The zero-order valence-electron chi connectivity index (χ0n) is 15.8. The molecule has 6 heteroatoms. The van der Waals surface area contributed by atoms with E-state index >= 15 is 0 Å². The highest BCUT2D eigenvalue weighted by Gasteiger charge is 2.23. The van der Waals surface area contributed by atoms with Crippen molar-refractivity contribution in [1.82, 2.24) is 14.1 Å². The summed E-state index contributed by atoms with van der Waals surface area (Å²) in [5.41, 5.74) is 2.09. The summed E-state index contributed by atoms with van der Waals surface area (Å²) in [6.45, 7) is 1.81. The van der Waals surface area contributed by atoms with E-state index in [1.165, 1.54) is 17.2 Å². The van der Waals surface area contributed by atoms with Crippen LogP contribution in [0.15, 0.2) is 52.2 Å². The fourth-order valence-corrected chi connectivity index (χ4v) is 4.06. The Balaban J connectivity index is 1.61. The number of aryl methyl sites for hydroxylation is 1. The highest BCUT2D eigenvalue weighted by molar-refractivity contribution is 5.88. The predicted octanol–water partition coefficient (Wildman–Crippen LogP) is 2.09. The molecule has 3 aromatic rings. The Morgan fingerprint density at radius 3 is 2.41 bits per heavy atom. The lowest BCUT2D eigenvalue weighted by Crippen LogP contribution is -2.39. The number of piperidine rings is 1. The van der Waals surface area contributed by atoms with Crippen LogP contribution >= 0.6 is 0 Å². The summed E-state index contributed by atoms with van der Waals surface area (Å²) >= 11 is 0. The van der Waals surface area contributed by atoms with E-state index in [1.54, 1.807) is 13.2 Å². The van der Waals surface area contributed by atoms with Crippen LogP contribution in [0.1, 0.15) is 18.4 Å². The summed E-state index contributed by atoms with van der Waals surface area (Å²) < 4.78 is 2.61. The van der Waals surface area contributed by atoms with E-state index < -0.39 is 0 Å². The van der Waals surface area contributed by atoms with Gasteiger partial charge >= 0.3 is 5.69 Å². The predicted molar refractivity (Wildman–Crippen MR) is 107 cm³/mol. The molecule has 0 saturated carbocycles. The van der Waals surface area contributed by atoms with Crippen molar-refractivity contribution in [1.29, 1.82) is 0 Å². The Bertz CT molecular complexity index is 1080. The fourth-order valence-electron chi connectivity index (χ4n) is 4.06. The molecule has 1 saturated heterocycles. The van der Waals surface area contributed by atoms with E-state index in [9.17, 15) is 9.59 Å². The summed E-state index contributed by atoms with van der Waals surface area (Å²) in [7, 11) is 3.18. The second-order valence-corrected chi connectivity index (χ2v) is 7.35. The maximum atomic E-state index is 12.8.